The minimum Gasteiger partial charge on any atom is -0.497 e. The first-order valence-electron chi connectivity index (χ1n) is 8.72. The number of rotatable bonds is 8. The average Bonchev–Trinajstić information content (AvgIpc) is 3.16. The number of hydrogen-bond acceptors (Lipinski definition) is 7. The van der Waals surface area contributed by atoms with Crippen molar-refractivity contribution in [3.63, 3.8) is 0 Å². The van der Waals surface area contributed by atoms with Crippen molar-refractivity contribution in [1.82, 2.24) is 14.8 Å². The summed E-state index contributed by atoms with van der Waals surface area (Å²) < 4.78 is 16.9. The van der Waals surface area contributed by atoms with Crippen LogP contribution in [-0.4, -0.2) is 42.3 Å². The summed E-state index contributed by atoms with van der Waals surface area (Å²) in [4.78, 5) is 13.3. The van der Waals surface area contributed by atoms with Crippen molar-refractivity contribution in [3.05, 3.63) is 52.1 Å². The first kappa shape index (κ1) is 19.2. The largest absolute Gasteiger partial charge is 0.519 e. The molecule has 8 heteroatoms. The third kappa shape index (κ3) is 4.24. The van der Waals surface area contributed by atoms with E-state index in [1.165, 1.54) is 0 Å². The number of aliphatic hydroxyl groups is 1. The van der Waals surface area contributed by atoms with E-state index in [1.807, 2.05) is 38.5 Å². The van der Waals surface area contributed by atoms with Gasteiger partial charge in [-0.05, 0) is 51.2 Å². The first-order chi connectivity index (χ1) is 12.9. The van der Waals surface area contributed by atoms with Crippen LogP contribution >= 0.6 is 0 Å². The van der Waals surface area contributed by atoms with E-state index in [9.17, 15) is 9.90 Å². The zero-order chi connectivity index (χ0) is 19.6. The molecule has 0 aliphatic rings. The second-order valence-corrected chi connectivity index (χ2v) is 6.69. The molecule has 2 aromatic heterocycles. The van der Waals surface area contributed by atoms with E-state index in [0.717, 1.165) is 35.2 Å². The number of methoxy groups -OCH3 is 1. The lowest BCUT2D eigenvalue weighted by atomic mass is 10.1. The molecule has 3 aromatic rings. The Bertz CT molecular complexity index is 970. The van der Waals surface area contributed by atoms with Crippen LogP contribution in [0.4, 0.5) is 0 Å². The molecule has 1 unspecified atom stereocenters. The number of nitrogens with one attached hydrogen (secondary N) is 1. The number of aliphatic hydroxyl groups excluding tert-OH is 1. The highest BCUT2D eigenvalue weighted by Gasteiger charge is 2.16. The second kappa shape index (κ2) is 7.99. The smallest absolute Gasteiger partial charge is 0.497 e. The van der Waals surface area contributed by atoms with E-state index in [4.69, 9.17) is 13.6 Å². The minimum absolute atomic E-state index is 0.168. The van der Waals surface area contributed by atoms with Gasteiger partial charge < -0.3 is 28.1 Å². The van der Waals surface area contributed by atoms with Crippen molar-refractivity contribution < 1.29 is 18.7 Å². The number of ether oxygens (including phenoxy) is 1. The van der Waals surface area contributed by atoms with Gasteiger partial charge in [0.1, 0.15) is 11.5 Å². The molecule has 2 N–H and O–H groups in total. The maximum atomic E-state index is 11.1. The van der Waals surface area contributed by atoms with Crippen molar-refractivity contribution in [2.75, 3.05) is 27.7 Å². The van der Waals surface area contributed by atoms with Gasteiger partial charge in [0.25, 0.3) is 0 Å². The fraction of sp³-hybridized carbons (Fsp3) is 0.421. The van der Waals surface area contributed by atoms with Gasteiger partial charge in [-0.1, -0.05) is 0 Å². The lowest BCUT2D eigenvalue weighted by Gasteiger charge is -2.15. The Labute approximate surface area is 156 Å². The Balaban J connectivity index is 1.87. The lowest BCUT2D eigenvalue weighted by molar-refractivity contribution is 0.0677. The van der Waals surface area contributed by atoms with E-state index in [0.29, 0.717) is 11.5 Å². The van der Waals surface area contributed by atoms with Crippen molar-refractivity contribution in [3.8, 4) is 5.75 Å². The summed E-state index contributed by atoms with van der Waals surface area (Å²) in [5.74, 6) is 0.784. The van der Waals surface area contributed by atoms with Crippen molar-refractivity contribution in [2.45, 2.75) is 26.2 Å². The van der Waals surface area contributed by atoms with E-state index < -0.39 is 12.2 Å². The van der Waals surface area contributed by atoms with Crippen LogP contribution in [0.1, 0.15) is 23.4 Å². The van der Waals surface area contributed by atoms with Crippen LogP contribution in [0.25, 0.3) is 10.9 Å². The highest BCUT2D eigenvalue weighted by atomic mass is 16.6. The predicted octanol–water partition coefficient (Wildman–Crippen LogP) is 1.85. The third-order valence-electron chi connectivity index (χ3n) is 4.50. The lowest BCUT2D eigenvalue weighted by Crippen LogP contribution is -2.25. The molecule has 0 aliphatic carbocycles. The summed E-state index contributed by atoms with van der Waals surface area (Å²) in [7, 11) is 5.68. The van der Waals surface area contributed by atoms with E-state index in [2.05, 4.69) is 10.2 Å². The molecule has 1 aromatic carbocycles. The third-order valence-corrected chi connectivity index (χ3v) is 4.50. The number of nitrogens with zero attached hydrogens (tertiary/aromatic N) is 2. The maximum Gasteiger partial charge on any atom is 0.519 e. The fourth-order valence-electron chi connectivity index (χ4n) is 3.00. The quantitative estimate of drug-likeness (QED) is 0.580. The Morgan fingerprint density at radius 3 is 2.74 bits per heavy atom. The van der Waals surface area contributed by atoms with Gasteiger partial charge in [0.2, 0.25) is 0 Å². The molecule has 0 aliphatic heterocycles. The average molecular weight is 375 g/mol. The summed E-state index contributed by atoms with van der Waals surface area (Å²) >= 11 is 0. The SMILES string of the molecule is COc1ccc2c(c1)c(CCN(C)C)cn2C(O)NCc1oc(=O)oc1C. The molecule has 0 amide bonds. The van der Waals surface area contributed by atoms with Crippen molar-refractivity contribution in [1.29, 1.82) is 0 Å². The summed E-state index contributed by atoms with van der Waals surface area (Å²) in [6, 6.07) is 5.75. The van der Waals surface area contributed by atoms with E-state index in [-0.39, 0.29) is 6.54 Å². The first-order valence-corrected chi connectivity index (χ1v) is 8.72. The highest BCUT2D eigenvalue weighted by Crippen LogP contribution is 2.28. The minimum atomic E-state index is -0.992. The number of likely N-dealkylation sites (N-methyl/N-ethyl adjacent to an activating group) is 1. The molecule has 1 atom stereocenters. The summed E-state index contributed by atoms with van der Waals surface area (Å²) in [5.41, 5.74) is 2.00. The van der Waals surface area contributed by atoms with Crippen LogP contribution in [0, 0.1) is 6.92 Å². The molecular formula is C19H25N3O5. The van der Waals surface area contributed by atoms with E-state index in [1.54, 1.807) is 18.6 Å². The van der Waals surface area contributed by atoms with Gasteiger partial charge in [0.15, 0.2) is 12.1 Å². The van der Waals surface area contributed by atoms with Crippen molar-refractivity contribution >= 4 is 10.9 Å². The van der Waals surface area contributed by atoms with Crippen LogP contribution in [-0.2, 0) is 13.0 Å². The standard InChI is InChI=1S/C19H25N3O5/c1-12-17(27-19(24)26-12)10-20-18(23)22-11-13(7-8-21(2)3)15-9-14(25-4)5-6-16(15)22/h5-6,9,11,18,20,23H,7-8,10H2,1-4H3. The van der Waals surface area contributed by atoms with Crippen LogP contribution in [0.15, 0.2) is 38.0 Å². The van der Waals surface area contributed by atoms with Gasteiger partial charge in [-0.3, -0.25) is 5.32 Å². The molecule has 2 heterocycles. The van der Waals surface area contributed by atoms with Crippen LogP contribution in [0.5, 0.6) is 5.75 Å². The van der Waals surface area contributed by atoms with Gasteiger partial charge >= 0.3 is 5.82 Å². The topological polar surface area (TPSA) is 93.0 Å². The maximum absolute atomic E-state index is 11.1. The zero-order valence-corrected chi connectivity index (χ0v) is 16.0. The molecule has 0 saturated heterocycles. The van der Waals surface area contributed by atoms with E-state index >= 15 is 0 Å². The van der Waals surface area contributed by atoms with Crippen LogP contribution in [0.2, 0.25) is 0 Å². The molecule has 3 rings (SSSR count). The second-order valence-electron chi connectivity index (χ2n) is 6.69. The van der Waals surface area contributed by atoms with Crippen molar-refractivity contribution in [2.24, 2.45) is 0 Å². The molecule has 27 heavy (non-hydrogen) atoms. The Morgan fingerprint density at radius 1 is 1.33 bits per heavy atom. The van der Waals surface area contributed by atoms with Gasteiger partial charge in [-0.2, -0.15) is 0 Å². The zero-order valence-electron chi connectivity index (χ0n) is 16.0. The number of fused-ring (bicyclic) bond motifs is 1. The van der Waals surface area contributed by atoms with Crippen LogP contribution < -0.4 is 15.9 Å². The number of benzene rings is 1. The van der Waals surface area contributed by atoms with Gasteiger partial charge in [0.05, 0.1) is 19.2 Å². The molecule has 0 bridgehead atoms. The normalized spacial score (nSPS) is 12.8. The summed E-state index contributed by atoms with van der Waals surface area (Å²) in [5, 5.41) is 14.6. The molecule has 0 fully saturated rings. The van der Waals surface area contributed by atoms with Gasteiger partial charge in [-0.25, -0.2) is 4.79 Å². The number of hydrogen-bond donors (Lipinski definition) is 2. The monoisotopic (exact) mass is 375 g/mol. The fourth-order valence-corrected chi connectivity index (χ4v) is 3.00. The Hall–Kier alpha value is -2.55. The molecule has 0 saturated carbocycles. The number of aromatic nitrogens is 1. The molecule has 8 nitrogen and oxygen atoms in total. The highest BCUT2D eigenvalue weighted by molar-refractivity contribution is 5.85. The summed E-state index contributed by atoms with van der Waals surface area (Å²) in [6.07, 6.45) is 1.78. The molecular weight excluding hydrogens is 350 g/mol. The van der Waals surface area contributed by atoms with Crippen LogP contribution in [0.3, 0.4) is 0 Å². The molecule has 0 radical (unpaired) electrons. The summed E-state index contributed by atoms with van der Waals surface area (Å²) in [6.45, 7) is 2.70. The predicted molar refractivity (Wildman–Crippen MR) is 101 cm³/mol. The Kier molecular flexibility index (Phi) is 5.69. The molecule has 146 valence electrons. The number of aryl methyl sites for hydroxylation is 1. The Morgan fingerprint density at radius 2 is 2.11 bits per heavy atom. The van der Waals surface area contributed by atoms with Gasteiger partial charge in [0, 0.05) is 18.1 Å². The van der Waals surface area contributed by atoms with Gasteiger partial charge in [-0.15, -0.1) is 0 Å². The molecule has 0 spiro atoms.